The van der Waals surface area contributed by atoms with Gasteiger partial charge in [-0.15, -0.1) is 12.4 Å². The van der Waals surface area contributed by atoms with E-state index < -0.39 is 6.04 Å². The molecule has 0 saturated heterocycles. The van der Waals surface area contributed by atoms with Crippen molar-refractivity contribution in [2.75, 3.05) is 24.3 Å². The third-order valence-corrected chi connectivity index (χ3v) is 1.93. The maximum absolute atomic E-state index is 11.2. The van der Waals surface area contributed by atoms with Crippen molar-refractivity contribution in [1.82, 2.24) is 4.98 Å². The lowest BCUT2D eigenvalue weighted by Crippen LogP contribution is -2.32. The molecule has 1 amide bonds. The van der Waals surface area contributed by atoms with Gasteiger partial charge in [-0.1, -0.05) is 0 Å². The molecule has 0 aliphatic rings. The van der Waals surface area contributed by atoms with Crippen LogP contribution in [0.4, 0.5) is 11.5 Å². The number of rotatable bonds is 3. The highest BCUT2D eigenvalue weighted by Crippen LogP contribution is 2.11. The Balaban J connectivity index is 0.00000225. The second-order valence-electron chi connectivity index (χ2n) is 3.57. The number of hydrogen-bond donors (Lipinski definition) is 2. The number of nitrogens with zero attached hydrogens (tertiary/aromatic N) is 2. The Bertz CT molecular complexity index is 337. The fourth-order valence-corrected chi connectivity index (χ4v) is 0.965. The molecule has 1 atom stereocenters. The lowest BCUT2D eigenvalue weighted by atomic mass is 10.3. The number of anilines is 2. The molecule has 16 heavy (non-hydrogen) atoms. The molecule has 6 heteroatoms. The van der Waals surface area contributed by atoms with E-state index in [1.165, 1.54) is 0 Å². The Labute approximate surface area is 101 Å². The molecular formula is C10H17ClN4O. The van der Waals surface area contributed by atoms with Crippen molar-refractivity contribution in [3.8, 4) is 0 Å². The van der Waals surface area contributed by atoms with Gasteiger partial charge in [-0.05, 0) is 19.1 Å². The zero-order chi connectivity index (χ0) is 11.4. The average molecular weight is 245 g/mol. The molecule has 1 aromatic heterocycles. The first-order valence-electron chi connectivity index (χ1n) is 4.70. The summed E-state index contributed by atoms with van der Waals surface area (Å²) in [5, 5.41) is 2.61. The van der Waals surface area contributed by atoms with E-state index in [-0.39, 0.29) is 18.3 Å². The first-order valence-corrected chi connectivity index (χ1v) is 4.70. The van der Waals surface area contributed by atoms with Crippen LogP contribution in [0.25, 0.3) is 0 Å². The SMILES string of the molecule is CC(N)C(=O)Nc1ccc(N(C)C)cn1.Cl. The molecule has 0 saturated carbocycles. The van der Waals surface area contributed by atoms with Crippen LogP contribution in [0.2, 0.25) is 0 Å². The molecule has 3 N–H and O–H groups in total. The van der Waals surface area contributed by atoms with Gasteiger partial charge in [-0.25, -0.2) is 4.98 Å². The maximum atomic E-state index is 11.2. The molecule has 0 fully saturated rings. The first-order chi connectivity index (χ1) is 7.00. The lowest BCUT2D eigenvalue weighted by molar-refractivity contribution is -0.117. The quantitative estimate of drug-likeness (QED) is 0.827. The van der Waals surface area contributed by atoms with E-state index in [0.717, 1.165) is 5.69 Å². The van der Waals surface area contributed by atoms with E-state index >= 15 is 0 Å². The van der Waals surface area contributed by atoms with Crippen LogP contribution in [0.5, 0.6) is 0 Å². The Kier molecular flexibility index (Phi) is 5.77. The van der Waals surface area contributed by atoms with Crippen LogP contribution in [0.1, 0.15) is 6.92 Å². The van der Waals surface area contributed by atoms with Crippen LogP contribution in [0.15, 0.2) is 18.3 Å². The average Bonchev–Trinajstić information content (AvgIpc) is 2.18. The molecule has 1 unspecified atom stereocenters. The van der Waals surface area contributed by atoms with Crippen LogP contribution in [0, 0.1) is 0 Å². The fraction of sp³-hybridized carbons (Fsp3) is 0.400. The zero-order valence-corrected chi connectivity index (χ0v) is 10.4. The highest BCUT2D eigenvalue weighted by molar-refractivity contribution is 5.93. The Morgan fingerprint density at radius 2 is 2.12 bits per heavy atom. The largest absolute Gasteiger partial charge is 0.376 e. The molecule has 0 radical (unpaired) electrons. The minimum absolute atomic E-state index is 0. The molecule has 1 heterocycles. The summed E-state index contributed by atoms with van der Waals surface area (Å²) in [5.41, 5.74) is 6.39. The molecule has 0 aliphatic heterocycles. The zero-order valence-electron chi connectivity index (χ0n) is 9.60. The number of nitrogens with two attached hydrogens (primary N) is 1. The van der Waals surface area contributed by atoms with Crippen molar-refractivity contribution >= 4 is 29.8 Å². The summed E-state index contributed by atoms with van der Waals surface area (Å²) in [7, 11) is 3.86. The summed E-state index contributed by atoms with van der Waals surface area (Å²) in [6, 6.07) is 3.10. The lowest BCUT2D eigenvalue weighted by Gasteiger charge is -2.12. The number of carbonyl (C=O) groups excluding carboxylic acids is 1. The van der Waals surface area contributed by atoms with Gasteiger partial charge in [-0.3, -0.25) is 4.79 Å². The monoisotopic (exact) mass is 244 g/mol. The maximum Gasteiger partial charge on any atom is 0.242 e. The Morgan fingerprint density at radius 1 is 1.50 bits per heavy atom. The van der Waals surface area contributed by atoms with Crippen molar-refractivity contribution in [2.24, 2.45) is 5.73 Å². The minimum atomic E-state index is -0.527. The summed E-state index contributed by atoms with van der Waals surface area (Å²) < 4.78 is 0. The van der Waals surface area contributed by atoms with E-state index in [2.05, 4.69) is 10.3 Å². The van der Waals surface area contributed by atoms with Gasteiger partial charge in [0, 0.05) is 14.1 Å². The summed E-state index contributed by atoms with van der Waals surface area (Å²) in [6.45, 7) is 1.63. The van der Waals surface area contributed by atoms with Crippen molar-refractivity contribution in [3.05, 3.63) is 18.3 Å². The molecule has 0 aliphatic carbocycles. The van der Waals surface area contributed by atoms with Gasteiger partial charge >= 0.3 is 0 Å². The summed E-state index contributed by atoms with van der Waals surface area (Å²) >= 11 is 0. The number of nitrogens with one attached hydrogen (secondary N) is 1. The Hall–Kier alpha value is -1.33. The van der Waals surface area contributed by atoms with Gasteiger partial charge in [-0.2, -0.15) is 0 Å². The van der Waals surface area contributed by atoms with Gasteiger partial charge < -0.3 is 16.0 Å². The molecule has 0 spiro atoms. The van der Waals surface area contributed by atoms with E-state index in [4.69, 9.17) is 5.73 Å². The molecule has 1 rings (SSSR count). The second-order valence-corrected chi connectivity index (χ2v) is 3.57. The summed E-state index contributed by atoms with van der Waals surface area (Å²) in [5.74, 6) is 0.281. The number of amides is 1. The predicted octanol–water partition coefficient (Wildman–Crippen LogP) is 0.855. The normalized spacial score (nSPS) is 11.2. The van der Waals surface area contributed by atoms with Crippen LogP contribution in [0.3, 0.4) is 0 Å². The van der Waals surface area contributed by atoms with E-state index in [1.54, 1.807) is 19.2 Å². The molecule has 1 aromatic rings. The van der Waals surface area contributed by atoms with Crippen molar-refractivity contribution < 1.29 is 4.79 Å². The summed E-state index contributed by atoms with van der Waals surface area (Å²) in [4.78, 5) is 17.3. The van der Waals surface area contributed by atoms with Gasteiger partial charge in [0.25, 0.3) is 0 Å². The number of aromatic nitrogens is 1. The first kappa shape index (κ1) is 14.7. The van der Waals surface area contributed by atoms with Gasteiger partial charge in [0.15, 0.2) is 0 Å². The van der Waals surface area contributed by atoms with Crippen molar-refractivity contribution in [1.29, 1.82) is 0 Å². The third-order valence-electron chi connectivity index (χ3n) is 1.93. The van der Waals surface area contributed by atoms with E-state index in [0.29, 0.717) is 5.82 Å². The van der Waals surface area contributed by atoms with Crippen molar-refractivity contribution in [2.45, 2.75) is 13.0 Å². The van der Waals surface area contributed by atoms with E-state index in [1.807, 2.05) is 25.1 Å². The van der Waals surface area contributed by atoms with Crippen molar-refractivity contribution in [3.63, 3.8) is 0 Å². The van der Waals surface area contributed by atoms with Crippen LogP contribution in [-0.2, 0) is 4.79 Å². The molecule has 0 aromatic carbocycles. The molecule has 90 valence electrons. The topological polar surface area (TPSA) is 71.2 Å². The highest BCUT2D eigenvalue weighted by Gasteiger charge is 2.07. The van der Waals surface area contributed by atoms with Gasteiger partial charge in [0.05, 0.1) is 17.9 Å². The standard InChI is InChI=1S/C10H16N4O.ClH/c1-7(11)10(15)13-9-5-4-8(6-12-9)14(2)3;/h4-7H,11H2,1-3H3,(H,12,13,15);1H. The van der Waals surface area contributed by atoms with Gasteiger partial charge in [0.1, 0.15) is 5.82 Å². The molecule has 5 nitrogen and oxygen atoms in total. The molecule has 0 bridgehead atoms. The van der Waals surface area contributed by atoms with Crippen LogP contribution in [-0.4, -0.2) is 31.0 Å². The number of halogens is 1. The second kappa shape index (κ2) is 6.30. The minimum Gasteiger partial charge on any atom is -0.376 e. The third kappa shape index (κ3) is 4.04. The molecular weight excluding hydrogens is 228 g/mol. The Morgan fingerprint density at radius 3 is 2.50 bits per heavy atom. The number of pyridine rings is 1. The van der Waals surface area contributed by atoms with Crippen LogP contribution >= 0.6 is 12.4 Å². The number of hydrogen-bond acceptors (Lipinski definition) is 4. The summed E-state index contributed by atoms with van der Waals surface area (Å²) in [6.07, 6.45) is 1.69. The predicted molar refractivity (Wildman–Crippen MR) is 68.1 cm³/mol. The van der Waals surface area contributed by atoms with Gasteiger partial charge in [0.2, 0.25) is 5.91 Å². The number of carbonyl (C=O) groups is 1. The fourth-order valence-electron chi connectivity index (χ4n) is 0.965. The van der Waals surface area contributed by atoms with Crippen LogP contribution < -0.4 is 16.0 Å². The van der Waals surface area contributed by atoms with E-state index in [9.17, 15) is 4.79 Å². The highest BCUT2D eigenvalue weighted by atomic mass is 35.5. The smallest absolute Gasteiger partial charge is 0.242 e.